The number of fused-ring (bicyclic) bond motifs is 3. The summed E-state index contributed by atoms with van der Waals surface area (Å²) >= 11 is 6.21. The van der Waals surface area contributed by atoms with Gasteiger partial charge in [0.25, 0.3) is 0 Å². The normalized spacial score (nSPS) is 16.4. The molecule has 0 spiro atoms. The zero-order chi connectivity index (χ0) is 18.9. The molecule has 0 saturated carbocycles. The molecule has 7 heteroatoms. The maximum atomic E-state index is 6.21. The van der Waals surface area contributed by atoms with Crippen molar-refractivity contribution >= 4 is 22.5 Å². The number of aryl methyl sites for hydroxylation is 1. The van der Waals surface area contributed by atoms with Crippen molar-refractivity contribution in [2.24, 2.45) is 0 Å². The molecular weight excluding hydrogens is 372 g/mol. The maximum Gasteiger partial charge on any atom is 0.0965 e. The Kier molecular flexibility index (Phi) is 4.58. The minimum absolute atomic E-state index is 0.425. The summed E-state index contributed by atoms with van der Waals surface area (Å²) in [6.45, 7) is 1.40. The number of hydrogen-bond acceptors (Lipinski definition) is 4. The quantitative estimate of drug-likeness (QED) is 0.545. The van der Waals surface area contributed by atoms with Crippen LogP contribution in [0.25, 0.3) is 10.9 Å². The predicted octanol–water partition coefficient (Wildman–Crippen LogP) is 3.50. The summed E-state index contributed by atoms with van der Waals surface area (Å²) in [6, 6.07) is 10.5. The van der Waals surface area contributed by atoms with Gasteiger partial charge in [-0.2, -0.15) is 0 Å². The smallest absolute Gasteiger partial charge is 0.0965 e. The molecule has 1 atom stereocenters. The van der Waals surface area contributed by atoms with Crippen molar-refractivity contribution < 1.29 is 0 Å². The average Bonchev–Trinajstić information content (AvgIpc) is 3.31. The number of H-pyrrole nitrogens is 1. The lowest BCUT2D eigenvalue weighted by Crippen LogP contribution is -2.34. The molecule has 3 heterocycles. The number of aromatic nitrogens is 5. The third-order valence-corrected chi connectivity index (χ3v) is 5.61. The molecule has 2 N–H and O–H groups in total. The van der Waals surface area contributed by atoms with E-state index in [9.17, 15) is 0 Å². The summed E-state index contributed by atoms with van der Waals surface area (Å²) in [5.74, 6) is 0. The highest BCUT2D eigenvalue weighted by Gasteiger charge is 2.22. The Morgan fingerprint density at radius 3 is 3.14 bits per heavy atom. The fourth-order valence-corrected chi connectivity index (χ4v) is 4.16. The highest BCUT2D eigenvalue weighted by atomic mass is 35.5. The van der Waals surface area contributed by atoms with Crippen LogP contribution >= 0.6 is 11.6 Å². The molecule has 142 valence electrons. The van der Waals surface area contributed by atoms with Crippen molar-refractivity contribution in [3.05, 3.63) is 76.5 Å². The first-order valence-corrected chi connectivity index (χ1v) is 9.93. The van der Waals surface area contributed by atoms with Crippen LogP contribution in [-0.4, -0.2) is 31.0 Å². The van der Waals surface area contributed by atoms with Crippen molar-refractivity contribution in [3.8, 4) is 0 Å². The van der Waals surface area contributed by atoms with Gasteiger partial charge in [-0.05, 0) is 54.7 Å². The predicted molar refractivity (Wildman–Crippen MR) is 109 cm³/mol. The fourth-order valence-electron chi connectivity index (χ4n) is 3.99. The number of hydrogen-bond donors (Lipinski definition) is 2. The molecule has 1 aromatic carbocycles. The molecule has 6 nitrogen and oxygen atoms in total. The fraction of sp³-hybridized carbons (Fsp3) is 0.286. The van der Waals surface area contributed by atoms with Crippen LogP contribution in [0.4, 0.5) is 0 Å². The Bertz CT molecular complexity index is 1100. The first kappa shape index (κ1) is 17.4. The first-order valence-electron chi connectivity index (χ1n) is 9.55. The van der Waals surface area contributed by atoms with E-state index in [2.05, 4.69) is 37.7 Å². The Morgan fingerprint density at radius 1 is 1.29 bits per heavy atom. The van der Waals surface area contributed by atoms with Crippen molar-refractivity contribution in [3.63, 3.8) is 0 Å². The third kappa shape index (κ3) is 3.53. The number of nitrogens with one attached hydrogen (secondary N) is 2. The molecule has 3 aromatic heterocycles. The van der Waals surface area contributed by atoms with E-state index in [4.69, 9.17) is 11.6 Å². The molecule has 5 rings (SSSR count). The molecule has 1 unspecified atom stereocenters. The molecule has 0 aliphatic heterocycles. The minimum Gasteiger partial charge on any atom is -0.358 e. The van der Waals surface area contributed by atoms with Gasteiger partial charge >= 0.3 is 0 Å². The number of nitrogens with zero attached hydrogens (tertiary/aromatic N) is 4. The second-order valence-electron chi connectivity index (χ2n) is 7.36. The van der Waals surface area contributed by atoms with Gasteiger partial charge in [0.1, 0.15) is 0 Å². The minimum atomic E-state index is 0.425. The van der Waals surface area contributed by atoms with Crippen LogP contribution < -0.4 is 5.32 Å². The molecule has 28 heavy (non-hydrogen) atoms. The first-order chi connectivity index (χ1) is 13.7. The average molecular weight is 393 g/mol. The van der Waals surface area contributed by atoms with E-state index in [1.165, 1.54) is 22.2 Å². The monoisotopic (exact) mass is 392 g/mol. The Balaban J connectivity index is 1.24. The highest BCUT2D eigenvalue weighted by molar-refractivity contribution is 6.31. The lowest BCUT2D eigenvalue weighted by molar-refractivity contribution is 0.454. The number of halogens is 1. The number of rotatable bonds is 5. The van der Waals surface area contributed by atoms with Gasteiger partial charge in [-0.3, -0.25) is 4.98 Å². The lowest BCUT2D eigenvalue weighted by Gasteiger charge is -2.23. The standard InChI is InChI=1S/C21H21ClN6/c22-15-3-5-20-18(8-15)19-9-16(4-6-21(19)25-20)24-11-17-13-28(27-26-17)12-14-2-1-7-23-10-14/h1-3,5,7-8,10,13,16,24-25H,4,6,9,11-12H2. The summed E-state index contributed by atoms with van der Waals surface area (Å²) in [4.78, 5) is 7.69. The van der Waals surface area contributed by atoms with Gasteiger partial charge in [0.15, 0.2) is 0 Å². The molecule has 0 bridgehead atoms. The van der Waals surface area contributed by atoms with Crippen LogP contribution in [0.1, 0.15) is 28.9 Å². The summed E-state index contributed by atoms with van der Waals surface area (Å²) in [5, 5.41) is 14.2. The Labute approximate surface area is 167 Å². The zero-order valence-electron chi connectivity index (χ0n) is 15.4. The Morgan fingerprint density at radius 2 is 2.25 bits per heavy atom. The van der Waals surface area contributed by atoms with Crippen molar-refractivity contribution in [1.82, 2.24) is 30.3 Å². The summed E-state index contributed by atoms with van der Waals surface area (Å²) in [7, 11) is 0. The summed E-state index contributed by atoms with van der Waals surface area (Å²) < 4.78 is 1.86. The van der Waals surface area contributed by atoms with Crippen LogP contribution in [0.15, 0.2) is 48.9 Å². The van der Waals surface area contributed by atoms with Gasteiger partial charge in [-0.15, -0.1) is 5.10 Å². The molecule has 0 radical (unpaired) electrons. The van der Waals surface area contributed by atoms with Crippen LogP contribution in [0.3, 0.4) is 0 Å². The molecule has 0 saturated heterocycles. The van der Waals surface area contributed by atoms with Crippen LogP contribution in [0, 0.1) is 0 Å². The Hall–Kier alpha value is -2.70. The molecule has 0 amide bonds. The third-order valence-electron chi connectivity index (χ3n) is 5.38. The highest BCUT2D eigenvalue weighted by Crippen LogP contribution is 2.31. The second kappa shape index (κ2) is 7.37. The largest absolute Gasteiger partial charge is 0.358 e. The molecule has 0 fully saturated rings. The number of pyridine rings is 1. The topological polar surface area (TPSA) is 71.4 Å². The maximum absolute atomic E-state index is 6.21. The van der Waals surface area contributed by atoms with Gasteiger partial charge < -0.3 is 10.3 Å². The summed E-state index contributed by atoms with van der Waals surface area (Å²) in [6.07, 6.45) is 8.79. The van der Waals surface area contributed by atoms with E-state index in [0.717, 1.165) is 42.1 Å². The van der Waals surface area contributed by atoms with Gasteiger partial charge in [0.05, 0.1) is 18.4 Å². The van der Waals surface area contributed by atoms with E-state index in [0.29, 0.717) is 12.6 Å². The molecule has 4 aromatic rings. The van der Waals surface area contributed by atoms with Crippen molar-refractivity contribution in [2.45, 2.75) is 38.4 Å². The van der Waals surface area contributed by atoms with Gasteiger partial charge in [-0.25, -0.2) is 4.68 Å². The van der Waals surface area contributed by atoms with E-state index in [1.807, 2.05) is 35.3 Å². The van der Waals surface area contributed by atoms with Gasteiger partial charge in [0, 0.05) is 46.6 Å². The van der Waals surface area contributed by atoms with Crippen LogP contribution in [0.2, 0.25) is 5.02 Å². The molecule has 1 aliphatic rings. The van der Waals surface area contributed by atoms with Crippen molar-refractivity contribution in [2.75, 3.05) is 0 Å². The van der Waals surface area contributed by atoms with Gasteiger partial charge in [-0.1, -0.05) is 22.9 Å². The number of aromatic amines is 1. The van der Waals surface area contributed by atoms with E-state index >= 15 is 0 Å². The van der Waals surface area contributed by atoms with E-state index < -0.39 is 0 Å². The molecule has 1 aliphatic carbocycles. The molecular formula is C21H21ClN6. The van der Waals surface area contributed by atoms with E-state index in [1.54, 1.807) is 6.20 Å². The van der Waals surface area contributed by atoms with Crippen molar-refractivity contribution in [1.29, 1.82) is 0 Å². The van der Waals surface area contributed by atoms with Crippen LogP contribution in [0.5, 0.6) is 0 Å². The lowest BCUT2D eigenvalue weighted by atomic mass is 9.91. The number of benzene rings is 1. The zero-order valence-corrected chi connectivity index (χ0v) is 16.2. The summed E-state index contributed by atoms with van der Waals surface area (Å²) in [5.41, 5.74) is 5.98. The SMILES string of the molecule is Clc1ccc2[nH]c3c(c2c1)CC(NCc1cn(Cc2cccnc2)nn1)CC3. The second-order valence-corrected chi connectivity index (χ2v) is 7.80. The van der Waals surface area contributed by atoms with Gasteiger partial charge in [0.2, 0.25) is 0 Å². The van der Waals surface area contributed by atoms with E-state index in [-0.39, 0.29) is 0 Å². The van der Waals surface area contributed by atoms with Crippen LogP contribution in [-0.2, 0) is 25.9 Å².